The monoisotopic (exact) mass is 404 g/mol. The molecule has 4 rings (SSSR count). The van der Waals surface area contributed by atoms with Gasteiger partial charge in [0.05, 0.1) is 22.6 Å². The first kappa shape index (κ1) is 19.4. The summed E-state index contributed by atoms with van der Waals surface area (Å²) in [5.41, 5.74) is 0.903. The summed E-state index contributed by atoms with van der Waals surface area (Å²) in [6, 6.07) is 11.7. The lowest BCUT2D eigenvalue weighted by Gasteiger charge is -2.10. The molecule has 0 radical (unpaired) electrons. The highest BCUT2D eigenvalue weighted by Gasteiger charge is 2.11. The van der Waals surface area contributed by atoms with Crippen LogP contribution in [0, 0.1) is 5.92 Å². The van der Waals surface area contributed by atoms with Crippen LogP contribution in [0.15, 0.2) is 58.4 Å². The Balaban J connectivity index is 1.59. The lowest BCUT2D eigenvalue weighted by molar-refractivity contribution is -0.117. The van der Waals surface area contributed by atoms with Crippen molar-refractivity contribution in [3.05, 3.63) is 69.5 Å². The number of nitrogens with one attached hydrogen (secondary N) is 1. The fourth-order valence-electron chi connectivity index (χ4n) is 3.22. The smallest absolute Gasteiger partial charge is 0.278 e. The molecule has 0 aliphatic carbocycles. The topological polar surface area (TPSA) is 112 Å². The number of rotatable bonds is 5. The molecule has 4 aromatic rings. The van der Waals surface area contributed by atoms with E-state index in [1.165, 1.54) is 6.33 Å². The summed E-state index contributed by atoms with van der Waals surface area (Å²) < 4.78 is 2.57. The molecule has 9 nitrogen and oxygen atoms in total. The van der Waals surface area contributed by atoms with Crippen LogP contribution in [-0.4, -0.2) is 30.5 Å². The third-order valence-electron chi connectivity index (χ3n) is 4.59. The molecule has 0 unspecified atom stereocenters. The Morgan fingerprint density at radius 2 is 1.83 bits per heavy atom. The zero-order valence-corrected chi connectivity index (χ0v) is 16.6. The summed E-state index contributed by atoms with van der Waals surface area (Å²) in [4.78, 5) is 42.0. The first-order valence-electron chi connectivity index (χ1n) is 9.54. The standard InChI is InChI=1S/C21H20N6O3/c1-13(2)10-26-12-22-17-8-7-14(9-16(17)20(26)29)23-19(28)11-27-21(30)15-5-3-4-6-18(15)24-25-27/h3-9,12-13H,10-11H2,1-2H3,(H,23,28). The molecule has 1 N–H and O–H groups in total. The van der Waals surface area contributed by atoms with Crippen molar-refractivity contribution in [2.75, 3.05) is 5.32 Å². The Bertz CT molecular complexity index is 1370. The van der Waals surface area contributed by atoms with Gasteiger partial charge in [-0.15, -0.1) is 5.10 Å². The molecule has 0 aliphatic heterocycles. The molecule has 2 heterocycles. The van der Waals surface area contributed by atoms with Crippen LogP contribution < -0.4 is 16.4 Å². The third-order valence-corrected chi connectivity index (χ3v) is 4.59. The van der Waals surface area contributed by atoms with E-state index in [2.05, 4.69) is 20.6 Å². The van der Waals surface area contributed by atoms with Gasteiger partial charge >= 0.3 is 0 Å². The number of anilines is 1. The van der Waals surface area contributed by atoms with Gasteiger partial charge < -0.3 is 5.32 Å². The zero-order valence-electron chi connectivity index (χ0n) is 16.6. The van der Waals surface area contributed by atoms with Crippen LogP contribution >= 0.6 is 0 Å². The minimum Gasteiger partial charge on any atom is -0.324 e. The van der Waals surface area contributed by atoms with Crippen LogP contribution in [0.3, 0.4) is 0 Å². The van der Waals surface area contributed by atoms with E-state index >= 15 is 0 Å². The van der Waals surface area contributed by atoms with Gasteiger partial charge in [0.15, 0.2) is 0 Å². The van der Waals surface area contributed by atoms with Crippen molar-refractivity contribution in [3.8, 4) is 0 Å². The van der Waals surface area contributed by atoms with E-state index in [0.29, 0.717) is 40.0 Å². The highest BCUT2D eigenvalue weighted by Crippen LogP contribution is 2.15. The summed E-state index contributed by atoms with van der Waals surface area (Å²) >= 11 is 0. The average Bonchev–Trinajstić information content (AvgIpc) is 2.72. The second-order valence-corrected chi connectivity index (χ2v) is 7.45. The normalized spacial score (nSPS) is 11.3. The summed E-state index contributed by atoms with van der Waals surface area (Å²) in [6.45, 7) is 4.30. The van der Waals surface area contributed by atoms with Crippen molar-refractivity contribution in [3.63, 3.8) is 0 Å². The number of amides is 1. The molecular weight excluding hydrogens is 384 g/mol. The number of carbonyl (C=O) groups excluding carboxylic acids is 1. The lowest BCUT2D eigenvalue weighted by Crippen LogP contribution is -2.30. The molecule has 30 heavy (non-hydrogen) atoms. The summed E-state index contributed by atoms with van der Waals surface area (Å²) in [7, 11) is 0. The number of aromatic nitrogens is 5. The van der Waals surface area contributed by atoms with E-state index < -0.39 is 11.5 Å². The van der Waals surface area contributed by atoms with Gasteiger partial charge in [-0.1, -0.05) is 31.2 Å². The fourth-order valence-corrected chi connectivity index (χ4v) is 3.22. The molecule has 0 atom stereocenters. The maximum atomic E-state index is 12.7. The molecule has 2 aromatic heterocycles. The predicted octanol–water partition coefficient (Wildman–Crippen LogP) is 1.80. The van der Waals surface area contributed by atoms with Gasteiger partial charge in [-0.25, -0.2) is 9.67 Å². The van der Waals surface area contributed by atoms with Crippen molar-refractivity contribution in [1.29, 1.82) is 0 Å². The number of hydrogen-bond acceptors (Lipinski definition) is 6. The van der Waals surface area contributed by atoms with E-state index in [0.717, 1.165) is 4.68 Å². The number of fused-ring (bicyclic) bond motifs is 2. The molecule has 0 bridgehead atoms. The van der Waals surface area contributed by atoms with Crippen molar-refractivity contribution < 1.29 is 4.79 Å². The van der Waals surface area contributed by atoms with Crippen molar-refractivity contribution in [1.82, 2.24) is 24.5 Å². The van der Waals surface area contributed by atoms with Crippen LogP contribution in [0.1, 0.15) is 13.8 Å². The Morgan fingerprint density at radius 1 is 1.03 bits per heavy atom. The maximum Gasteiger partial charge on any atom is 0.278 e. The van der Waals surface area contributed by atoms with Crippen LogP contribution in [0.5, 0.6) is 0 Å². The lowest BCUT2D eigenvalue weighted by atomic mass is 10.2. The second-order valence-electron chi connectivity index (χ2n) is 7.45. The molecule has 1 amide bonds. The molecule has 0 fully saturated rings. The van der Waals surface area contributed by atoms with E-state index in [-0.39, 0.29) is 12.1 Å². The van der Waals surface area contributed by atoms with Gasteiger partial charge in [0.2, 0.25) is 5.91 Å². The summed E-state index contributed by atoms with van der Waals surface area (Å²) in [6.07, 6.45) is 1.54. The maximum absolute atomic E-state index is 12.7. The quantitative estimate of drug-likeness (QED) is 0.543. The summed E-state index contributed by atoms with van der Waals surface area (Å²) in [5.74, 6) is -0.154. The molecule has 0 saturated carbocycles. The molecule has 152 valence electrons. The van der Waals surface area contributed by atoms with Gasteiger partial charge in [-0.3, -0.25) is 19.0 Å². The van der Waals surface area contributed by atoms with Gasteiger partial charge in [-0.2, -0.15) is 0 Å². The van der Waals surface area contributed by atoms with Crippen LogP contribution in [0.25, 0.3) is 21.8 Å². The summed E-state index contributed by atoms with van der Waals surface area (Å²) in [5, 5.41) is 11.3. The molecular formula is C21H20N6O3. The minimum absolute atomic E-state index is 0.165. The van der Waals surface area contributed by atoms with Crippen molar-refractivity contribution in [2.24, 2.45) is 5.92 Å². The highest BCUT2D eigenvalue weighted by atomic mass is 16.2. The SMILES string of the molecule is CC(C)Cn1cnc2ccc(NC(=O)Cn3nnc4ccccc4c3=O)cc2c1=O. The molecule has 0 aliphatic rings. The Hall–Kier alpha value is -3.88. The highest BCUT2D eigenvalue weighted by molar-refractivity contribution is 5.93. The zero-order chi connectivity index (χ0) is 21.3. The Morgan fingerprint density at radius 3 is 2.63 bits per heavy atom. The number of benzene rings is 2. The second kappa shape index (κ2) is 7.86. The minimum atomic E-state index is -0.451. The third kappa shape index (κ3) is 3.82. The van der Waals surface area contributed by atoms with Gasteiger partial charge in [0.25, 0.3) is 11.1 Å². The largest absolute Gasteiger partial charge is 0.324 e. The van der Waals surface area contributed by atoms with Crippen molar-refractivity contribution in [2.45, 2.75) is 26.9 Å². The molecule has 0 spiro atoms. The van der Waals surface area contributed by atoms with Crippen molar-refractivity contribution >= 4 is 33.4 Å². The number of hydrogen-bond donors (Lipinski definition) is 1. The molecule has 0 saturated heterocycles. The van der Waals surface area contributed by atoms with E-state index in [1.807, 2.05) is 13.8 Å². The first-order valence-corrected chi connectivity index (χ1v) is 9.54. The van der Waals surface area contributed by atoms with E-state index in [1.54, 1.807) is 47.0 Å². The van der Waals surface area contributed by atoms with Gasteiger partial charge in [0, 0.05) is 12.2 Å². The fraction of sp³-hybridized carbons (Fsp3) is 0.238. The first-order chi connectivity index (χ1) is 14.4. The van der Waals surface area contributed by atoms with Crippen LogP contribution in [0.2, 0.25) is 0 Å². The Labute approximate surface area is 171 Å². The van der Waals surface area contributed by atoms with Gasteiger partial charge in [-0.05, 0) is 36.2 Å². The van der Waals surface area contributed by atoms with E-state index in [4.69, 9.17) is 0 Å². The molecule has 2 aromatic carbocycles. The predicted molar refractivity (Wildman–Crippen MR) is 113 cm³/mol. The molecule has 9 heteroatoms. The average molecular weight is 404 g/mol. The Kier molecular flexibility index (Phi) is 5.09. The van der Waals surface area contributed by atoms with Crippen LogP contribution in [-0.2, 0) is 17.9 Å². The van der Waals surface area contributed by atoms with Gasteiger partial charge in [0.1, 0.15) is 12.1 Å². The number of nitrogens with zero attached hydrogens (tertiary/aromatic N) is 5. The number of carbonyl (C=O) groups is 1. The van der Waals surface area contributed by atoms with Crippen LogP contribution in [0.4, 0.5) is 5.69 Å². The van der Waals surface area contributed by atoms with E-state index in [9.17, 15) is 14.4 Å².